The van der Waals surface area contributed by atoms with Gasteiger partial charge in [-0.2, -0.15) is 0 Å². The van der Waals surface area contributed by atoms with Gasteiger partial charge in [-0.1, -0.05) is 19.1 Å². The highest BCUT2D eigenvalue weighted by atomic mass is 16.5. The molecule has 0 aliphatic rings. The third-order valence-corrected chi connectivity index (χ3v) is 3.15. The number of amides is 1. The summed E-state index contributed by atoms with van der Waals surface area (Å²) in [5.41, 5.74) is 6.73. The van der Waals surface area contributed by atoms with Crippen LogP contribution in [0.5, 0.6) is 5.75 Å². The molecule has 3 N–H and O–H groups in total. The number of ether oxygens (including phenoxy) is 1. The van der Waals surface area contributed by atoms with Gasteiger partial charge in [0.2, 0.25) is 5.91 Å². The lowest BCUT2D eigenvalue weighted by molar-refractivity contribution is -0.125. The summed E-state index contributed by atoms with van der Waals surface area (Å²) in [6.07, 6.45) is 0. The zero-order chi connectivity index (χ0) is 13.7. The second-order valence-corrected chi connectivity index (χ2v) is 4.65. The summed E-state index contributed by atoms with van der Waals surface area (Å²) in [7, 11) is 1.63. The molecular weight excluding hydrogens is 228 g/mol. The van der Waals surface area contributed by atoms with Crippen LogP contribution in [0.3, 0.4) is 0 Å². The van der Waals surface area contributed by atoms with Gasteiger partial charge < -0.3 is 15.8 Å². The zero-order valence-electron chi connectivity index (χ0n) is 11.4. The van der Waals surface area contributed by atoms with E-state index in [9.17, 15) is 4.79 Å². The molecule has 0 radical (unpaired) electrons. The van der Waals surface area contributed by atoms with Crippen LogP contribution >= 0.6 is 0 Å². The van der Waals surface area contributed by atoms with Crippen LogP contribution in [-0.2, 0) is 4.79 Å². The van der Waals surface area contributed by atoms with Crippen LogP contribution in [0.15, 0.2) is 24.3 Å². The molecule has 4 heteroatoms. The molecule has 1 amide bonds. The highest BCUT2D eigenvalue weighted by Gasteiger charge is 2.19. The summed E-state index contributed by atoms with van der Waals surface area (Å²) in [4.78, 5) is 11.9. The number of nitrogens with two attached hydrogens (primary N) is 1. The van der Waals surface area contributed by atoms with Gasteiger partial charge >= 0.3 is 0 Å². The SMILES string of the molecule is COc1cccc(C(C)NC(=O)C(C)C(C)N)c1. The molecule has 18 heavy (non-hydrogen) atoms. The maximum atomic E-state index is 11.9. The Balaban J connectivity index is 2.70. The maximum Gasteiger partial charge on any atom is 0.224 e. The summed E-state index contributed by atoms with van der Waals surface area (Å²) < 4.78 is 5.16. The Bertz CT molecular complexity index is 405. The molecule has 0 aliphatic carbocycles. The van der Waals surface area contributed by atoms with Crippen molar-refractivity contribution in [2.75, 3.05) is 7.11 Å². The fourth-order valence-electron chi connectivity index (χ4n) is 1.58. The van der Waals surface area contributed by atoms with E-state index in [0.717, 1.165) is 11.3 Å². The van der Waals surface area contributed by atoms with Crippen molar-refractivity contribution in [1.82, 2.24) is 5.32 Å². The lowest BCUT2D eigenvalue weighted by atomic mass is 10.0. The van der Waals surface area contributed by atoms with Gasteiger partial charge in [-0.05, 0) is 31.5 Å². The second kappa shape index (κ2) is 6.40. The molecule has 100 valence electrons. The maximum absolute atomic E-state index is 11.9. The summed E-state index contributed by atoms with van der Waals surface area (Å²) in [5.74, 6) is 0.562. The standard InChI is InChI=1S/C14H22N2O2/c1-9(10(2)15)14(17)16-11(3)12-6-5-7-13(8-12)18-4/h5-11H,15H2,1-4H3,(H,16,17). The van der Waals surface area contributed by atoms with Crippen molar-refractivity contribution in [2.45, 2.75) is 32.9 Å². The van der Waals surface area contributed by atoms with Crippen LogP contribution in [-0.4, -0.2) is 19.1 Å². The predicted octanol–water partition coefficient (Wildman–Crippen LogP) is 1.86. The Morgan fingerprint density at radius 3 is 2.56 bits per heavy atom. The Labute approximate surface area is 109 Å². The van der Waals surface area contributed by atoms with Crippen LogP contribution in [0, 0.1) is 5.92 Å². The fraction of sp³-hybridized carbons (Fsp3) is 0.500. The highest BCUT2D eigenvalue weighted by Crippen LogP contribution is 2.19. The van der Waals surface area contributed by atoms with Crippen molar-refractivity contribution in [3.8, 4) is 5.75 Å². The van der Waals surface area contributed by atoms with E-state index in [1.54, 1.807) is 7.11 Å². The second-order valence-electron chi connectivity index (χ2n) is 4.65. The van der Waals surface area contributed by atoms with Gasteiger partial charge in [0.05, 0.1) is 13.2 Å². The number of carbonyl (C=O) groups excluding carboxylic acids is 1. The summed E-state index contributed by atoms with van der Waals surface area (Å²) in [6, 6.07) is 7.45. The number of benzene rings is 1. The number of hydrogen-bond donors (Lipinski definition) is 2. The van der Waals surface area contributed by atoms with Gasteiger partial charge in [-0.15, -0.1) is 0 Å². The molecular formula is C14H22N2O2. The normalized spacial score (nSPS) is 15.6. The molecule has 0 aliphatic heterocycles. The smallest absolute Gasteiger partial charge is 0.224 e. The molecule has 0 heterocycles. The van der Waals surface area contributed by atoms with Crippen LogP contribution < -0.4 is 15.8 Å². The van der Waals surface area contributed by atoms with E-state index in [-0.39, 0.29) is 23.9 Å². The molecule has 1 aromatic carbocycles. The zero-order valence-corrected chi connectivity index (χ0v) is 11.4. The molecule has 0 spiro atoms. The first kappa shape index (κ1) is 14.5. The Kier molecular flexibility index (Phi) is 5.16. The minimum atomic E-state index is -0.196. The van der Waals surface area contributed by atoms with Crippen LogP contribution in [0.2, 0.25) is 0 Å². The van der Waals surface area contributed by atoms with E-state index in [0.29, 0.717) is 0 Å². The van der Waals surface area contributed by atoms with E-state index in [4.69, 9.17) is 10.5 Å². The topological polar surface area (TPSA) is 64.3 Å². The average molecular weight is 250 g/mol. The first-order valence-electron chi connectivity index (χ1n) is 6.15. The molecule has 1 aromatic rings. The monoisotopic (exact) mass is 250 g/mol. The Morgan fingerprint density at radius 2 is 2.00 bits per heavy atom. The van der Waals surface area contributed by atoms with Gasteiger partial charge in [0.1, 0.15) is 5.75 Å². The largest absolute Gasteiger partial charge is 0.497 e. The van der Waals surface area contributed by atoms with Gasteiger partial charge in [-0.3, -0.25) is 4.79 Å². The van der Waals surface area contributed by atoms with Crippen molar-refractivity contribution < 1.29 is 9.53 Å². The Morgan fingerprint density at radius 1 is 1.33 bits per heavy atom. The summed E-state index contributed by atoms with van der Waals surface area (Å²) in [5, 5.41) is 2.95. The molecule has 0 aromatic heterocycles. The van der Waals surface area contributed by atoms with Crippen LogP contribution in [0.4, 0.5) is 0 Å². The highest BCUT2D eigenvalue weighted by molar-refractivity contribution is 5.79. The van der Waals surface area contributed by atoms with Crippen molar-refractivity contribution in [2.24, 2.45) is 11.7 Å². The predicted molar refractivity (Wildman–Crippen MR) is 72.4 cm³/mol. The fourth-order valence-corrected chi connectivity index (χ4v) is 1.58. The van der Waals surface area contributed by atoms with E-state index in [1.807, 2.05) is 45.0 Å². The number of rotatable bonds is 5. The van der Waals surface area contributed by atoms with Gasteiger partial charge in [0.25, 0.3) is 0 Å². The number of methoxy groups -OCH3 is 1. The summed E-state index contributed by atoms with van der Waals surface area (Å²) in [6.45, 7) is 5.61. The lowest BCUT2D eigenvalue weighted by Crippen LogP contribution is -2.39. The molecule has 0 bridgehead atoms. The Hall–Kier alpha value is -1.55. The van der Waals surface area contributed by atoms with Crippen LogP contribution in [0.25, 0.3) is 0 Å². The third-order valence-electron chi connectivity index (χ3n) is 3.15. The van der Waals surface area contributed by atoms with Crippen molar-refractivity contribution in [3.63, 3.8) is 0 Å². The number of carbonyl (C=O) groups is 1. The molecule has 3 atom stereocenters. The molecule has 4 nitrogen and oxygen atoms in total. The minimum Gasteiger partial charge on any atom is -0.497 e. The quantitative estimate of drug-likeness (QED) is 0.838. The number of nitrogens with one attached hydrogen (secondary N) is 1. The third kappa shape index (κ3) is 3.74. The first-order valence-corrected chi connectivity index (χ1v) is 6.15. The lowest BCUT2D eigenvalue weighted by Gasteiger charge is -2.20. The molecule has 0 fully saturated rings. The van der Waals surface area contributed by atoms with Gasteiger partial charge in [0.15, 0.2) is 0 Å². The number of hydrogen-bond acceptors (Lipinski definition) is 3. The minimum absolute atomic E-state index is 0.0275. The molecule has 0 saturated carbocycles. The van der Waals surface area contributed by atoms with Crippen molar-refractivity contribution in [3.05, 3.63) is 29.8 Å². The van der Waals surface area contributed by atoms with Gasteiger partial charge in [0, 0.05) is 12.0 Å². The van der Waals surface area contributed by atoms with Crippen molar-refractivity contribution in [1.29, 1.82) is 0 Å². The van der Waals surface area contributed by atoms with Crippen LogP contribution in [0.1, 0.15) is 32.4 Å². The molecule has 0 saturated heterocycles. The van der Waals surface area contributed by atoms with E-state index < -0.39 is 0 Å². The van der Waals surface area contributed by atoms with Gasteiger partial charge in [-0.25, -0.2) is 0 Å². The molecule has 1 rings (SSSR count). The van der Waals surface area contributed by atoms with E-state index >= 15 is 0 Å². The first-order chi connectivity index (χ1) is 8.45. The van der Waals surface area contributed by atoms with E-state index in [2.05, 4.69) is 5.32 Å². The molecule has 3 unspecified atom stereocenters. The average Bonchev–Trinajstić information content (AvgIpc) is 2.37. The van der Waals surface area contributed by atoms with E-state index in [1.165, 1.54) is 0 Å². The summed E-state index contributed by atoms with van der Waals surface area (Å²) >= 11 is 0. The van der Waals surface area contributed by atoms with Crippen molar-refractivity contribution >= 4 is 5.91 Å².